The van der Waals surface area contributed by atoms with Crippen LogP contribution in [0.15, 0.2) is 30.3 Å². The zero-order chi connectivity index (χ0) is 18.7. The molecule has 1 aliphatic heterocycles. The Labute approximate surface area is 151 Å². The number of ether oxygens (including phenoxy) is 1. The van der Waals surface area contributed by atoms with E-state index in [2.05, 4.69) is 12.1 Å². The minimum atomic E-state index is -1.00. The summed E-state index contributed by atoms with van der Waals surface area (Å²) in [7, 11) is 0. The van der Waals surface area contributed by atoms with Gasteiger partial charge in [0, 0.05) is 25.4 Å². The van der Waals surface area contributed by atoms with Crippen LogP contribution in [0.5, 0.6) is 0 Å². The van der Waals surface area contributed by atoms with Crippen molar-refractivity contribution in [3.63, 3.8) is 0 Å². The van der Waals surface area contributed by atoms with Gasteiger partial charge in [-0.1, -0.05) is 65.0 Å². The number of esters is 1. The lowest BCUT2D eigenvalue weighted by molar-refractivity contribution is -0.175. The van der Waals surface area contributed by atoms with Crippen molar-refractivity contribution < 1.29 is 14.3 Å². The largest absolute Gasteiger partial charge is 0.449 e. The Bertz CT molecular complexity index is 603. The third-order valence-corrected chi connectivity index (χ3v) is 4.82. The number of carbonyl (C=O) groups excluding carboxylic acids is 2. The average Bonchev–Trinajstić information content (AvgIpc) is 2.82. The number of nitrogens with zero attached hydrogens (tertiary/aromatic N) is 1. The van der Waals surface area contributed by atoms with Gasteiger partial charge in [-0.05, 0) is 17.4 Å². The summed E-state index contributed by atoms with van der Waals surface area (Å²) < 4.78 is 5.80. The fourth-order valence-electron chi connectivity index (χ4n) is 3.32. The van der Waals surface area contributed by atoms with Crippen LogP contribution in [0.1, 0.15) is 53.0 Å². The Kier molecular flexibility index (Phi) is 5.91. The molecule has 2 rings (SSSR count). The van der Waals surface area contributed by atoms with Crippen molar-refractivity contribution in [1.29, 1.82) is 0 Å². The third kappa shape index (κ3) is 4.83. The number of hydrogen-bond acceptors (Lipinski definition) is 3. The molecular weight excluding hydrogens is 314 g/mol. The average molecular weight is 345 g/mol. The summed E-state index contributed by atoms with van der Waals surface area (Å²) >= 11 is 0. The van der Waals surface area contributed by atoms with Crippen LogP contribution >= 0.6 is 0 Å². The SMILES string of the molecule is CC(C)C1(OC(=O)CC(C)(C)C)CCN(CCc2ccccc2)C1=O. The van der Waals surface area contributed by atoms with Gasteiger partial charge in [0.15, 0.2) is 5.60 Å². The van der Waals surface area contributed by atoms with Crippen LogP contribution in [-0.4, -0.2) is 35.5 Å². The minimum absolute atomic E-state index is 0.0364. The summed E-state index contributed by atoms with van der Waals surface area (Å²) in [6.45, 7) is 11.2. The van der Waals surface area contributed by atoms with Gasteiger partial charge in [0.25, 0.3) is 5.91 Å². The molecule has 0 spiro atoms. The lowest BCUT2D eigenvalue weighted by atomic mass is 9.87. The molecule has 4 nitrogen and oxygen atoms in total. The smallest absolute Gasteiger partial charge is 0.307 e. The van der Waals surface area contributed by atoms with E-state index in [-0.39, 0.29) is 23.2 Å². The number of amides is 1. The van der Waals surface area contributed by atoms with E-state index in [0.717, 1.165) is 6.42 Å². The second-order valence-corrected chi connectivity index (χ2v) is 8.53. The highest BCUT2D eigenvalue weighted by molar-refractivity contribution is 5.90. The second kappa shape index (κ2) is 7.59. The van der Waals surface area contributed by atoms with Gasteiger partial charge in [-0.2, -0.15) is 0 Å². The Morgan fingerprint density at radius 2 is 1.88 bits per heavy atom. The van der Waals surface area contributed by atoms with Crippen LogP contribution in [0.4, 0.5) is 0 Å². The maximum atomic E-state index is 13.0. The Balaban J connectivity index is 2.04. The van der Waals surface area contributed by atoms with E-state index in [0.29, 0.717) is 25.9 Å². The molecule has 1 fully saturated rings. The summed E-state index contributed by atoms with van der Waals surface area (Å²) in [6.07, 6.45) is 1.71. The third-order valence-electron chi connectivity index (χ3n) is 4.82. The first kappa shape index (κ1) is 19.5. The molecule has 1 saturated heterocycles. The maximum Gasteiger partial charge on any atom is 0.307 e. The van der Waals surface area contributed by atoms with Crippen LogP contribution in [-0.2, 0) is 20.7 Å². The van der Waals surface area contributed by atoms with Gasteiger partial charge in [0.1, 0.15) is 0 Å². The fourth-order valence-corrected chi connectivity index (χ4v) is 3.32. The number of likely N-dealkylation sites (tertiary alicyclic amines) is 1. The van der Waals surface area contributed by atoms with Crippen molar-refractivity contribution in [2.75, 3.05) is 13.1 Å². The number of carbonyl (C=O) groups is 2. The van der Waals surface area contributed by atoms with Crippen LogP contribution in [0.3, 0.4) is 0 Å². The molecule has 1 amide bonds. The standard InChI is InChI=1S/C21H31NO3/c1-16(2)21(25-18(23)15-20(3,4)5)12-14-22(19(21)24)13-11-17-9-7-6-8-10-17/h6-10,16H,11-15H2,1-5H3. The summed E-state index contributed by atoms with van der Waals surface area (Å²) in [5.74, 6) is -0.356. The van der Waals surface area contributed by atoms with Gasteiger partial charge in [-0.15, -0.1) is 0 Å². The monoisotopic (exact) mass is 345 g/mol. The maximum absolute atomic E-state index is 13.0. The summed E-state index contributed by atoms with van der Waals surface area (Å²) in [5, 5.41) is 0. The van der Waals surface area contributed by atoms with Crippen molar-refractivity contribution in [3.8, 4) is 0 Å². The van der Waals surface area contributed by atoms with Crippen molar-refractivity contribution >= 4 is 11.9 Å². The van der Waals surface area contributed by atoms with E-state index in [9.17, 15) is 9.59 Å². The highest BCUT2D eigenvalue weighted by atomic mass is 16.6. The molecule has 25 heavy (non-hydrogen) atoms. The van der Waals surface area contributed by atoms with E-state index in [1.165, 1.54) is 5.56 Å². The fraction of sp³-hybridized carbons (Fsp3) is 0.619. The molecule has 1 aromatic carbocycles. The topological polar surface area (TPSA) is 46.6 Å². The molecule has 0 bridgehead atoms. The zero-order valence-electron chi connectivity index (χ0n) is 16.2. The molecule has 0 N–H and O–H groups in total. The minimum Gasteiger partial charge on any atom is -0.449 e. The molecule has 0 aliphatic carbocycles. The lowest BCUT2D eigenvalue weighted by Gasteiger charge is -2.32. The lowest BCUT2D eigenvalue weighted by Crippen LogP contribution is -2.48. The van der Waals surface area contributed by atoms with E-state index in [4.69, 9.17) is 4.74 Å². The van der Waals surface area contributed by atoms with Gasteiger partial charge in [-0.3, -0.25) is 9.59 Å². The van der Waals surface area contributed by atoms with Gasteiger partial charge in [0.2, 0.25) is 0 Å². The van der Waals surface area contributed by atoms with Gasteiger partial charge < -0.3 is 9.64 Å². The predicted molar refractivity (Wildman–Crippen MR) is 99.1 cm³/mol. The van der Waals surface area contributed by atoms with E-state index in [1.807, 2.05) is 57.7 Å². The molecule has 1 heterocycles. The molecular formula is C21H31NO3. The van der Waals surface area contributed by atoms with E-state index >= 15 is 0 Å². The first-order chi connectivity index (χ1) is 11.6. The van der Waals surface area contributed by atoms with Crippen molar-refractivity contribution in [1.82, 2.24) is 4.90 Å². The van der Waals surface area contributed by atoms with Gasteiger partial charge in [0.05, 0.1) is 6.42 Å². The molecule has 4 heteroatoms. The Hall–Kier alpha value is -1.84. The molecule has 138 valence electrons. The summed E-state index contributed by atoms with van der Waals surface area (Å²) in [5.41, 5.74) is 0.0604. The molecule has 1 unspecified atom stereocenters. The number of benzene rings is 1. The number of hydrogen-bond donors (Lipinski definition) is 0. The molecule has 1 aliphatic rings. The highest BCUT2D eigenvalue weighted by Gasteiger charge is 2.52. The first-order valence-corrected chi connectivity index (χ1v) is 9.19. The van der Waals surface area contributed by atoms with Crippen molar-refractivity contribution in [2.24, 2.45) is 11.3 Å². The molecule has 1 atom stereocenters. The zero-order valence-corrected chi connectivity index (χ0v) is 16.2. The van der Waals surface area contributed by atoms with E-state index < -0.39 is 5.60 Å². The van der Waals surface area contributed by atoms with Crippen LogP contribution < -0.4 is 0 Å². The number of rotatable bonds is 6. The highest BCUT2D eigenvalue weighted by Crippen LogP contribution is 2.35. The van der Waals surface area contributed by atoms with E-state index in [1.54, 1.807) is 0 Å². The van der Waals surface area contributed by atoms with Crippen molar-refractivity contribution in [2.45, 2.75) is 59.5 Å². The molecule has 0 aromatic heterocycles. The van der Waals surface area contributed by atoms with Crippen LogP contribution in [0.25, 0.3) is 0 Å². The van der Waals surface area contributed by atoms with Gasteiger partial charge in [-0.25, -0.2) is 0 Å². The summed E-state index contributed by atoms with van der Waals surface area (Å²) in [4.78, 5) is 27.2. The van der Waals surface area contributed by atoms with Crippen LogP contribution in [0, 0.1) is 11.3 Å². The predicted octanol–water partition coefficient (Wildman–Crippen LogP) is 3.84. The summed E-state index contributed by atoms with van der Waals surface area (Å²) in [6, 6.07) is 10.1. The molecule has 0 saturated carbocycles. The second-order valence-electron chi connectivity index (χ2n) is 8.53. The Morgan fingerprint density at radius 3 is 2.44 bits per heavy atom. The van der Waals surface area contributed by atoms with Gasteiger partial charge >= 0.3 is 5.97 Å². The quantitative estimate of drug-likeness (QED) is 0.736. The van der Waals surface area contributed by atoms with Crippen molar-refractivity contribution in [3.05, 3.63) is 35.9 Å². The molecule has 0 radical (unpaired) electrons. The Morgan fingerprint density at radius 1 is 1.24 bits per heavy atom. The first-order valence-electron chi connectivity index (χ1n) is 9.19. The molecule has 1 aromatic rings. The van der Waals surface area contributed by atoms with Crippen LogP contribution in [0.2, 0.25) is 0 Å². The normalized spacial score (nSPS) is 21.0.